The highest BCUT2D eigenvalue weighted by molar-refractivity contribution is 7.98. The summed E-state index contributed by atoms with van der Waals surface area (Å²) in [5.74, 6) is 0.923. The normalized spacial score (nSPS) is 13.7. The molecule has 0 bridgehead atoms. The summed E-state index contributed by atoms with van der Waals surface area (Å²) in [6, 6.07) is 6.58. The number of hydrogen-bond acceptors (Lipinski definition) is 5. The number of halogens is 4. The fraction of sp³-hybridized carbons (Fsp3) is 0.294. The van der Waals surface area contributed by atoms with E-state index in [1.165, 1.54) is 11.8 Å². The van der Waals surface area contributed by atoms with Gasteiger partial charge in [0.15, 0.2) is 11.5 Å². The predicted molar refractivity (Wildman–Crippen MR) is 106 cm³/mol. The molecule has 2 heterocycles. The number of thioether (sulfide) groups is 1. The average Bonchev–Trinajstić information content (AvgIpc) is 3.08. The van der Waals surface area contributed by atoms with Gasteiger partial charge in [0.05, 0.1) is 16.6 Å². The Labute approximate surface area is 174 Å². The van der Waals surface area contributed by atoms with Crippen LogP contribution in [0.25, 0.3) is 5.65 Å². The number of fused-ring (bicyclic) bond motifs is 1. The Bertz CT molecular complexity index is 1120. The molecule has 0 saturated heterocycles. The van der Waals surface area contributed by atoms with E-state index in [9.17, 15) is 21.6 Å². The number of alkyl halides is 3. The van der Waals surface area contributed by atoms with Crippen LogP contribution in [-0.4, -0.2) is 35.0 Å². The van der Waals surface area contributed by atoms with Crippen molar-refractivity contribution in [3.8, 4) is 0 Å². The minimum absolute atomic E-state index is 0.305. The van der Waals surface area contributed by atoms with E-state index in [4.69, 9.17) is 11.6 Å². The van der Waals surface area contributed by atoms with Gasteiger partial charge in [0.1, 0.15) is 4.90 Å². The lowest BCUT2D eigenvalue weighted by molar-refractivity contribution is -0.137. The van der Waals surface area contributed by atoms with E-state index in [2.05, 4.69) is 14.9 Å². The number of benzene rings is 1. The second kappa shape index (κ2) is 8.50. The van der Waals surface area contributed by atoms with Crippen molar-refractivity contribution in [2.45, 2.75) is 23.5 Å². The van der Waals surface area contributed by atoms with Crippen molar-refractivity contribution in [1.82, 2.24) is 19.3 Å². The lowest BCUT2D eigenvalue weighted by atomic mass is 10.2. The third-order valence-electron chi connectivity index (χ3n) is 4.11. The maximum Gasteiger partial charge on any atom is 0.416 e. The summed E-state index contributed by atoms with van der Waals surface area (Å²) in [6.07, 6.45) is -0.803. The Morgan fingerprint density at radius 3 is 2.69 bits per heavy atom. The number of rotatable bonds is 7. The molecule has 3 rings (SSSR count). The first kappa shape index (κ1) is 21.9. The Balaban J connectivity index is 2.01. The molecule has 0 aliphatic carbocycles. The van der Waals surface area contributed by atoms with Crippen LogP contribution in [0.4, 0.5) is 13.2 Å². The zero-order valence-electron chi connectivity index (χ0n) is 15.0. The van der Waals surface area contributed by atoms with Gasteiger partial charge in [0.2, 0.25) is 10.0 Å². The Morgan fingerprint density at radius 1 is 1.24 bits per heavy atom. The lowest BCUT2D eigenvalue weighted by Gasteiger charge is -2.18. The highest BCUT2D eigenvalue weighted by atomic mass is 35.5. The Morgan fingerprint density at radius 2 is 2.00 bits per heavy atom. The molecule has 0 fully saturated rings. The second-order valence-electron chi connectivity index (χ2n) is 6.09. The molecule has 156 valence electrons. The molecular formula is C17H16ClF3N4O2S2. The summed E-state index contributed by atoms with van der Waals surface area (Å²) in [7, 11) is -4.37. The van der Waals surface area contributed by atoms with Crippen LogP contribution in [0.5, 0.6) is 0 Å². The monoisotopic (exact) mass is 464 g/mol. The van der Waals surface area contributed by atoms with Gasteiger partial charge in [-0.1, -0.05) is 17.7 Å². The van der Waals surface area contributed by atoms with E-state index in [-0.39, 0.29) is 5.02 Å². The van der Waals surface area contributed by atoms with Gasteiger partial charge >= 0.3 is 6.18 Å². The summed E-state index contributed by atoms with van der Waals surface area (Å²) in [4.78, 5) is -0.642. The van der Waals surface area contributed by atoms with Crippen LogP contribution in [0, 0.1) is 0 Å². The van der Waals surface area contributed by atoms with E-state index in [1.807, 2.05) is 6.26 Å². The zero-order valence-corrected chi connectivity index (χ0v) is 17.4. The van der Waals surface area contributed by atoms with Crippen LogP contribution >= 0.6 is 23.4 Å². The molecule has 0 radical (unpaired) electrons. The summed E-state index contributed by atoms with van der Waals surface area (Å²) < 4.78 is 69.0. The average molecular weight is 465 g/mol. The van der Waals surface area contributed by atoms with Crippen LogP contribution in [0.3, 0.4) is 0 Å². The number of aromatic nitrogens is 3. The lowest BCUT2D eigenvalue weighted by Crippen LogP contribution is -2.31. The maximum absolute atomic E-state index is 13.0. The van der Waals surface area contributed by atoms with E-state index in [0.717, 1.165) is 12.1 Å². The molecule has 1 atom stereocenters. The van der Waals surface area contributed by atoms with Gasteiger partial charge in [-0.05, 0) is 48.8 Å². The van der Waals surface area contributed by atoms with Crippen LogP contribution < -0.4 is 4.72 Å². The molecule has 0 spiro atoms. The van der Waals surface area contributed by atoms with E-state index >= 15 is 0 Å². The molecule has 1 N–H and O–H groups in total. The van der Waals surface area contributed by atoms with Gasteiger partial charge in [0.25, 0.3) is 0 Å². The summed E-state index contributed by atoms with van der Waals surface area (Å²) in [5, 5.41) is 7.77. The molecule has 6 nitrogen and oxygen atoms in total. The highest BCUT2D eigenvalue weighted by Crippen LogP contribution is 2.34. The summed E-state index contributed by atoms with van der Waals surface area (Å²) >= 11 is 7.41. The van der Waals surface area contributed by atoms with Crippen molar-refractivity contribution in [3.63, 3.8) is 0 Å². The van der Waals surface area contributed by atoms with E-state index < -0.39 is 32.7 Å². The van der Waals surface area contributed by atoms with Gasteiger partial charge < -0.3 is 0 Å². The minimum atomic E-state index is -4.70. The number of nitrogens with one attached hydrogen (secondary N) is 1. The molecular weight excluding hydrogens is 449 g/mol. The third-order valence-corrected chi connectivity index (χ3v) is 6.71. The van der Waals surface area contributed by atoms with Gasteiger partial charge in [0, 0.05) is 6.20 Å². The van der Waals surface area contributed by atoms with Crippen LogP contribution in [0.15, 0.2) is 47.5 Å². The van der Waals surface area contributed by atoms with Crippen molar-refractivity contribution in [1.29, 1.82) is 0 Å². The van der Waals surface area contributed by atoms with Gasteiger partial charge in [-0.2, -0.15) is 24.9 Å². The van der Waals surface area contributed by atoms with Crippen LogP contribution in [0.2, 0.25) is 5.02 Å². The van der Waals surface area contributed by atoms with Crippen molar-refractivity contribution in [3.05, 3.63) is 59.0 Å². The highest BCUT2D eigenvalue weighted by Gasteiger charge is 2.33. The third kappa shape index (κ3) is 4.85. The first-order chi connectivity index (χ1) is 13.6. The van der Waals surface area contributed by atoms with Crippen LogP contribution in [-0.2, 0) is 16.2 Å². The molecule has 3 aromatic rings. The molecule has 0 saturated carbocycles. The molecule has 0 aliphatic heterocycles. The quantitative estimate of drug-likeness (QED) is 0.567. The number of sulfonamides is 1. The molecule has 29 heavy (non-hydrogen) atoms. The van der Waals surface area contributed by atoms with E-state index in [0.29, 0.717) is 29.7 Å². The van der Waals surface area contributed by atoms with Gasteiger partial charge in [-0.15, -0.1) is 10.2 Å². The smallest absolute Gasteiger partial charge is 0.285 e. The van der Waals surface area contributed by atoms with Crippen molar-refractivity contribution < 1.29 is 21.6 Å². The molecule has 0 amide bonds. The fourth-order valence-corrected chi connectivity index (χ4v) is 4.94. The van der Waals surface area contributed by atoms with Crippen molar-refractivity contribution >= 4 is 39.0 Å². The molecule has 2 aromatic heterocycles. The van der Waals surface area contributed by atoms with Crippen molar-refractivity contribution in [2.75, 3.05) is 12.0 Å². The maximum atomic E-state index is 13.0. The fourth-order valence-electron chi connectivity index (χ4n) is 2.71. The number of nitrogens with zero attached hydrogens (tertiary/aromatic N) is 3. The molecule has 12 heteroatoms. The molecule has 1 unspecified atom stereocenters. The van der Waals surface area contributed by atoms with Crippen molar-refractivity contribution in [2.24, 2.45) is 0 Å². The largest absolute Gasteiger partial charge is 0.416 e. The number of pyridine rings is 1. The standard InChI is InChI=1S/C17H16ClF3N4O2S2/c1-28-9-7-13(16-23-22-15-4-2-3-8-25(15)16)24-29(26,27)14-10-11(17(19,20)21)5-6-12(14)18/h2-6,8,10,13,24H,7,9H2,1H3. The summed E-state index contributed by atoms with van der Waals surface area (Å²) in [5.41, 5.74) is -0.580. The Hall–Kier alpha value is -1.82. The first-order valence-corrected chi connectivity index (χ1v) is 11.6. The molecule has 1 aromatic carbocycles. The Kier molecular flexibility index (Phi) is 6.42. The molecule has 0 aliphatic rings. The van der Waals surface area contributed by atoms with Gasteiger partial charge in [-0.25, -0.2) is 13.1 Å². The van der Waals surface area contributed by atoms with E-state index in [1.54, 1.807) is 28.8 Å². The first-order valence-electron chi connectivity index (χ1n) is 8.31. The van der Waals surface area contributed by atoms with Gasteiger partial charge in [-0.3, -0.25) is 4.40 Å². The zero-order chi connectivity index (χ0) is 21.2. The van der Waals surface area contributed by atoms with Crippen LogP contribution in [0.1, 0.15) is 23.9 Å². The predicted octanol–water partition coefficient (Wildman–Crippen LogP) is 4.17. The minimum Gasteiger partial charge on any atom is -0.285 e. The SMILES string of the molecule is CSCCC(NS(=O)(=O)c1cc(C(F)(F)F)ccc1Cl)c1nnc2ccccn12. The number of hydrogen-bond donors (Lipinski definition) is 1. The topological polar surface area (TPSA) is 76.4 Å². The summed E-state index contributed by atoms with van der Waals surface area (Å²) in [6.45, 7) is 0. The second-order valence-corrected chi connectivity index (χ2v) is 9.16.